The molecule has 0 spiro atoms. The quantitative estimate of drug-likeness (QED) is 0.377. The molecule has 2 rings (SSSR count). The van der Waals surface area contributed by atoms with E-state index >= 15 is 0 Å². The second-order valence-corrected chi connectivity index (χ2v) is 5.90. The SMILES string of the molecule is N#C/C(=C/c1ccc(OCC(=O)O)c(Br)c1)C(=O)Nc1ccc(O)cc1. The molecule has 0 heterocycles. The van der Waals surface area contributed by atoms with Crippen LogP contribution in [0.4, 0.5) is 5.69 Å². The second-order valence-electron chi connectivity index (χ2n) is 5.04. The number of ether oxygens (including phenoxy) is 1. The van der Waals surface area contributed by atoms with Crippen LogP contribution in [0.2, 0.25) is 0 Å². The van der Waals surface area contributed by atoms with Crippen LogP contribution >= 0.6 is 15.9 Å². The van der Waals surface area contributed by atoms with E-state index in [-0.39, 0.29) is 11.3 Å². The first-order chi connectivity index (χ1) is 12.4. The number of benzene rings is 2. The van der Waals surface area contributed by atoms with E-state index < -0.39 is 18.5 Å². The lowest BCUT2D eigenvalue weighted by molar-refractivity contribution is -0.139. The molecule has 7 nitrogen and oxygen atoms in total. The van der Waals surface area contributed by atoms with Gasteiger partial charge < -0.3 is 20.3 Å². The number of nitrogens with zero attached hydrogens (tertiary/aromatic N) is 1. The van der Waals surface area contributed by atoms with Gasteiger partial charge in [-0.05, 0) is 64.0 Å². The van der Waals surface area contributed by atoms with Crippen molar-refractivity contribution in [1.29, 1.82) is 5.26 Å². The molecule has 3 N–H and O–H groups in total. The van der Waals surface area contributed by atoms with Crippen LogP contribution in [0.25, 0.3) is 6.08 Å². The Morgan fingerprint density at radius 3 is 2.50 bits per heavy atom. The van der Waals surface area contributed by atoms with Crippen molar-refractivity contribution in [2.75, 3.05) is 11.9 Å². The summed E-state index contributed by atoms with van der Waals surface area (Å²) in [7, 11) is 0. The van der Waals surface area contributed by atoms with Gasteiger partial charge in [0.25, 0.3) is 5.91 Å². The smallest absolute Gasteiger partial charge is 0.341 e. The number of halogens is 1. The van der Waals surface area contributed by atoms with Crippen LogP contribution in [0.5, 0.6) is 11.5 Å². The third-order valence-electron chi connectivity index (χ3n) is 3.11. The highest BCUT2D eigenvalue weighted by Gasteiger charge is 2.11. The van der Waals surface area contributed by atoms with E-state index in [1.807, 2.05) is 6.07 Å². The molecule has 0 fully saturated rings. The fourth-order valence-corrected chi connectivity index (χ4v) is 2.43. The average molecular weight is 417 g/mol. The summed E-state index contributed by atoms with van der Waals surface area (Å²) >= 11 is 3.25. The normalized spacial score (nSPS) is 10.7. The third-order valence-corrected chi connectivity index (χ3v) is 3.73. The highest BCUT2D eigenvalue weighted by atomic mass is 79.9. The topological polar surface area (TPSA) is 120 Å². The first kappa shape index (κ1) is 19.0. The zero-order valence-electron chi connectivity index (χ0n) is 13.3. The number of aromatic hydroxyl groups is 1. The summed E-state index contributed by atoms with van der Waals surface area (Å²) in [5, 5.41) is 29.6. The zero-order valence-corrected chi connectivity index (χ0v) is 14.9. The Morgan fingerprint density at radius 2 is 1.92 bits per heavy atom. The number of anilines is 1. The number of nitrogens with one attached hydrogen (secondary N) is 1. The molecule has 0 unspecified atom stereocenters. The van der Waals surface area contributed by atoms with Gasteiger partial charge in [0, 0.05) is 5.69 Å². The predicted octanol–water partition coefficient (Wildman–Crippen LogP) is 3.16. The maximum absolute atomic E-state index is 12.2. The standard InChI is InChI=1S/C18H13BrN2O5/c19-15-8-11(1-6-16(15)26-10-17(23)24)7-12(9-20)18(25)21-13-2-4-14(22)5-3-13/h1-8,22H,10H2,(H,21,25)(H,23,24)/b12-7-. The molecule has 0 saturated carbocycles. The molecule has 26 heavy (non-hydrogen) atoms. The number of hydrogen-bond donors (Lipinski definition) is 3. The molecule has 0 saturated heterocycles. The molecule has 0 aromatic heterocycles. The van der Waals surface area contributed by atoms with Gasteiger partial charge in [0.15, 0.2) is 6.61 Å². The van der Waals surface area contributed by atoms with Crippen LogP contribution < -0.4 is 10.1 Å². The second kappa shape index (κ2) is 8.69. The molecular formula is C18H13BrN2O5. The van der Waals surface area contributed by atoms with Gasteiger partial charge in [-0.2, -0.15) is 5.26 Å². The minimum Gasteiger partial charge on any atom is -0.508 e. The lowest BCUT2D eigenvalue weighted by atomic mass is 10.1. The highest BCUT2D eigenvalue weighted by molar-refractivity contribution is 9.10. The van der Waals surface area contributed by atoms with Crippen LogP contribution in [0, 0.1) is 11.3 Å². The number of phenolic OH excluding ortho intramolecular Hbond substituents is 1. The number of carbonyl (C=O) groups is 2. The van der Waals surface area contributed by atoms with Gasteiger partial charge in [-0.1, -0.05) is 6.07 Å². The minimum atomic E-state index is -1.10. The number of hydrogen-bond acceptors (Lipinski definition) is 5. The van der Waals surface area contributed by atoms with Crippen molar-refractivity contribution in [3.05, 3.63) is 58.1 Å². The molecule has 0 radical (unpaired) electrons. The monoisotopic (exact) mass is 416 g/mol. The van der Waals surface area contributed by atoms with Gasteiger partial charge in [0.2, 0.25) is 0 Å². The Morgan fingerprint density at radius 1 is 1.23 bits per heavy atom. The van der Waals surface area contributed by atoms with Crippen molar-refractivity contribution in [3.63, 3.8) is 0 Å². The molecular weight excluding hydrogens is 404 g/mol. The van der Waals surface area contributed by atoms with E-state index in [0.717, 1.165) is 0 Å². The summed E-state index contributed by atoms with van der Waals surface area (Å²) < 4.78 is 5.58. The van der Waals surface area contributed by atoms with E-state index in [9.17, 15) is 20.0 Å². The van der Waals surface area contributed by atoms with Crippen LogP contribution in [0.1, 0.15) is 5.56 Å². The molecule has 0 aliphatic rings. The van der Waals surface area contributed by atoms with Gasteiger partial charge in [0.05, 0.1) is 4.47 Å². The first-order valence-corrected chi connectivity index (χ1v) is 8.04. The van der Waals surface area contributed by atoms with Crippen LogP contribution in [0.15, 0.2) is 52.5 Å². The number of nitriles is 1. The van der Waals surface area contributed by atoms with Crippen LogP contribution in [-0.4, -0.2) is 28.7 Å². The Labute approximate surface area is 157 Å². The summed E-state index contributed by atoms with van der Waals surface area (Å²) in [4.78, 5) is 22.7. The molecule has 0 aliphatic carbocycles. The van der Waals surface area contributed by atoms with Gasteiger partial charge >= 0.3 is 5.97 Å². The van der Waals surface area contributed by atoms with E-state index in [2.05, 4.69) is 21.2 Å². The molecule has 0 atom stereocenters. The van der Waals surface area contributed by atoms with Crippen LogP contribution in [0.3, 0.4) is 0 Å². The Bertz CT molecular complexity index is 901. The van der Waals surface area contributed by atoms with Crippen molar-refractivity contribution in [3.8, 4) is 17.6 Å². The Balaban J connectivity index is 2.15. The number of rotatable bonds is 6. The summed E-state index contributed by atoms with van der Waals surface area (Å²) in [6, 6.07) is 12.4. The maximum Gasteiger partial charge on any atom is 0.341 e. The predicted molar refractivity (Wildman–Crippen MR) is 97.6 cm³/mol. The molecule has 1 amide bonds. The summed E-state index contributed by atoms with van der Waals surface area (Å²) in [6.45, 7) is -0.480. The van der Waals surface area contributed by atoms with Crippen molar-refractivity contribution in [2.45, 2.75) is 0 Å². The molecule has 2 aromatic rings. The third kappa shape index (κ3) is 5.36. The molecule has 132 valence electrons. The Kier molecular flexibility index (Phi) is 6.36. The summed E-state index contributed by atoms with van der Waals surface area (Å²) in [5.41, 5.74) is 0.869. The summed E-state index contributed by atoms with van der Waals surface area (Å²) in [6.07, 6.45) is 1.39. The lowest BCUT2D eigenvalue weighted by Crippen LogP contribution is -2.13. The van der Waals surface area contributed by atoms with Crippen molar-refractivity contribution < 1.29 is 24.5 Å². The minimum absolute atomic E-state index is 0.0640. The van der Waals surface area contributed by atoms with Gasteiger partial charge in [-0.15, -0.1) is 0 Å². The fraction of sp³-hybridized carbons (Fsp3) is 0.0556. The van der Waals surface area contributed by atoms with E-state index in [1.165, 1.54) is 36.4 Å². The number of carbonyl (C=O) groups excluding carboxylic acids is 1. The number of phenols is 1. The number of aliphatic carboxylic acids is 1. The summed E-state index contributed by atoms with van der Waals surface area (Å²) in [5.74, 6) is -1.30. The molecule has 2 aromatic carbocycles. The average Bonchev–Trinajstić information content (AvgIpc) is 2.60. The van der Waals surface area contributed by atoms with Gasteiger partial charge in [-0.3, -0.25) is 4.79 Å². The number of carboxylic acids is 1. The van der Waals surface area contributed by atoms with Gasteiger partial charge in [0.1, 0.15) is 23.1 Å². The highest BCUT2D eigenvalue weighted by Crippen LogP contribution is 2.27. The zero-order chi connectivity index (χ0) is 19.1. The van der Waals surface area contributed by atoms with Crippen molar-refractivity contribution in [1.82, 2.24) is 0 Å². The van der Waals surface area contributed by atoms with E-state index in [4.69, 9.17) is 9.84 Å². The lowest BCUT2D eigenvalue weighted by Gasteiger charge is -2.07. The van der Waals surface area contributed by atoms with E-state index in [0.29, 0.717) is 21.5 Å². The van der Waals surface area contributed by atoms with Crippen LogP contribution in [-0.2, 0) is 9.59 Å². The number of carboxylic acid groups (broad SMARTS) is 1. The van der Waals surface area contributed by atoms with Gasteiger partial charge in [-0.25, -0.2) is 4.79 Å². The fourth-order valence-electron chi connectivity index (χ4n) is 1.92. The largest absolute Gasteiger partial charge is 0.508 e. The number of amides is 1. The molecule has 0 aliphatic heterocycles. The molecule has 8 heteroatoms. The van der Waals surface area contributed by atoms with E-state index in [1.54, 1.807) is 12.1 Å². The molecule has 0 bridgehead atoms. The maximum atomic E-state index is 12.2. The first-order valence-electron chi connectivity index (χ1n) is 7.25. The van der Waals surface area contributed by atoms with Crippen molar-refractivity contribution >= 4 is 39.6 Å². The Hall–Kier alpha value is -3.31. The van der Waals surface area contributed by atoms with Crippen molar-refractivity contribution in [2.24, 2.45) is 0 Å².